The van der Waals surface area contributed by atoms with Gasteiger partial charge in [-0.25, -0.2) is 4.39 Å². The number of phenolic OH excluding ortho intramolecular Hbond substituents is 1. The van der Waals surface area contributed by atoms with Crippen LogP contribution in [0, 0.1) is 22.9 Å². The molecule has 0 saturated heterocycles. The van der Waals surface area contributed by atoms with Gasteiger partial charge in [0.25, 0.3) is 0 Å². The second-order valence-electron chi connectivity index (χ2n) is 3.99. The molecule has 0 amide bonds. The molecular weight excluding hydrogens is 289 g/mol. The molecule has 0 saturated carbocycles. The first-order valence-corrected chi connectivity index (χ1v) is 5.88. The summed E-state index contributed by atoms with van der Waals surface area (Å²) in [6.45, 7) is 1.57. The molecular formula is C13H9ClFNO4. The zero-order valence-corrected chi connectivity index (χ0v) is 11.0. The van der Waals surface area contributed by atoms with Gasteiger partial charge in [-0.05, 0) is 19.1 Å². The summed E-state index contributed by atoms with van der Waals surface area (Å²) in [4.78, 5) is 10.2. The largest absolute Gasteiger partial charge is 0.508 e. The fraction of sp³-hybridized carbons (Fsp3) is 0.0769. The fourth-order valence-corrected chi connectivity index (χ4v) is 1.73. The van der Waals surface area contributed by atoms with Crippen LogP contribution in [0.3, 0.4) is 0 Å². The van der Waals surface area contributed by atoms with Crippen molar-refractivity contribution in [2.45, 2.75) is 6.92 Å². The molecule has 2 aromatic carbocycles. The average molecular weight is 298 g/mol. The summed E-state index contributed by atoms with van der Waals surface area (Å²) in [6.07, 6.45) is 0. The highest BCUT2D eigenvalue weighted by Gasteiger charge is 2.20. The number of phenols is 1. The van der Waals surface area contributed by atoms with Gasteiger partial charge in [0.1, 0.15) is 17.3 Å². The van der Waals surface area contributed by atoms with Crippen LogP contribution in [-0.2, 0) is 0 Å². The number of nitro benzene ring substituents is 1. The number of nitro groups is 1. The first kappa shape index (κ1) is 14.1. The lowest BCUT2D eigenvalue weighted by Crippen LogP contribution is -1.96. The molecule has 2 aromatic rings. The molecule has 0 unspecified atom stereocenters. The highest BCUT2D eigenvalue weighted by Crippen LogP contribution is 2.37. The lowest BCUT2D eigenvalue weighted by atomic mass is 10.2. The predicted octanol–water partition coefficient (Wildman–Crippen LogP) is 4.19. The van der Waals surface area contributed by atoms with E-state index in [1.165, 1.54) is 18.2 Å². The molecule has 104 valence electrons. The van der Waals surface area contributed by atoms with Crippen molar-refractivity contribution in [1.29, 1.82) is 0 Å². The lowest BCUT2D eigenvalue weighted by Gasteiger charge is -2.10. The van der Waals surface area contributed by atoms with Crippen molar-refractivity contribution in [2.24, 2.45) is 0 Å². The molecule has 2 rings (SSSR count). The Morgan fingerprint density at radius 2 is 2.05 bits per heavy atom. The maximum atomic E-state index is 13.4. The molecule has 0 aliphatic heterocycles. The van der Waals surface area contributed by atoms with Crippen LogP contribution in [0.1, 0.15) is 5.56 Å². The zero-order valence-electron chi connectivity index (χ0n) is 10.3. The minimum atomic E-state index is -0.829. The minimum Gasteiger partial charge on any atom is -0.508 e. The lowest BCUT2D eigenvalue weighted by molar-refractivity contribution is -0.385. The van der Waals surface area contributed by atoms with Gasteiger partial charge in [-0.1, -0.05) is 17.7 Å². The van der Waals surface area contributed by atoms with E-state index in [-0.39, 0.29) is 22.3 Å². The van der Waals surface area contributed by atoms with Crippen molar-refractivity contribution < 1.29 is 19.2 Å². The Morgan fingerprint density at radius 1 is 1.35 bits per heavy atom. The van der Waals surface area contributed by atoms with E-state index in [4.69, 9.17) is 16.3 Å². The molecule has 0 aromatic heterocycles. The van der Waals surface area contributed by atoms with Crippen LogP contribution < -0.4 is 4.74 Å². The second-order valence-corrected chi connectivity index (χ2v) is 4.40. The molecule has 1 N–H and O–H groups in total. The van der Waals surface area contributed by atoms with Gasteiger partial charge in [0.05, 0.1) is 9.95 Å². The second kappa shape index (κ2) is 5.34. The maximum Gasteiger partial charge on any atom is 0.313 e. The highest BCUT2D eigenvalue weighted by atomic mass is 35.5. The van der Waals surface area contributed by atoms with Crippen LogP contribution in [0.25, 0.3) is 0 Å². The number of ether oxygens (including phenoxy) is 1. The topological polar surface area (TPSA) is 72.6 Å². The summed E-state index contributed by atoms with van der Waals surface area (Å²) in [5, 5.41) is 20.1. The van der Waals surface area contributed by atoms with Crippen molar-refractivity contribution in [1.82, 2.24) is 0 Å². The van der Waals surface area contributed by atoms with E-state index in [9.17, 15) is 19.6 Å². The molecule has 0 bridgehead atoms. The third kappa shape index (κ3) is 2.65. The van der Waals surface area contributed by atoms with Gasteiger partial charge in [0.15, 0.2) is 0 Å². The van der Waals surface area contributed by atoms with E-state index >= 15 is 0 Å². The predicted molar refractivity (Wildman–Crippen MR) is 71.0 cm³/mol. The summed E-state index contributed by atoms with van der Waals surface area (Å²) in [5.74, 6) is -0.954. The molecule has 0 aliphatic rings. The van der Waals surface area contributed by atoms with Crippen LogP contribution >= 0.6 is 11.6 Å². The van der Waals surface area contributed by atoms with E-state index in [2.05, 4.69) is 0 Å². The van der Waals surface area contributed by atoms with Gasteiger partial charge in [0, 0.05) is 17.7 Å². The van der Waals surface area contributed by atoms with Crippen LogP contribution in [0.2, 0.25) is 5.02 Å². The Labute approximate surface area is 118 Å². The minimum absolute atomic E-state index is 0.0282. The van der Waals surface area contributed by atoms with Crippen LogP contribution in [0.4, 0.5) is 10.1 Å². The van der Waals surface area contributed by atoms with Crippen LogP contribution in [0.5, 0.6) is 17.2 Å². The van der Waals surface area contributed by atoms with Crippen molar-refractivity contribution in [3.05, 3.63) is 56.8 Å². The summed E-state index contributed by atoms with van der Waals surface area (Å²) in [6, 6.07) is 6.18. The summed E-state index contributed by atoms with van der Waals surface area (Å²) in [7, 11) is 0. The molecule has 5 nitrogen and oxygen atoms in total. The van der Waals surface area contributed by atoms with Crippen molar-refractivity contribution >= 4 is 17.3 Å². The standard InChI is InChI=1S/C13H9ClFNO4/c1-7-11(17)3-2-4-12(7)20-13-6-9(15)8(14)5-10(13)16(18)19/h2-6,17H,1H3. The van der Waals surface area contributed by atoms with Crippen molar-refractivity contribution in [3.8, 4) is 17.2 Å². The first-order chi connectivity index (χ1) is 9.40. The summed E-state index contributed by atoms with van der Waals surface area (Å²) < 4.78 is 18.7. The van der Waals surface area contributed by atoms with E-state index in [1.54, 1.807) is 6.92 Å². The Balaban J connectivity index is 2.50. The summed E-state index contributed by atoms with van der Waals surface area (Å²) >= 11 is 5.51. The molecule has 0 aliphatic carbocycles. The normalized spacial score (nSPS) is 10.3. The molecule has 20 heavy (non-hydrogen) atoms. The Bertz CT molecular complexity index is 690. The number of halogens is 2. The molecule has 0 spiro atoms. The number of nitrogens with zero attached hydrogens (tertiary/aromatic N) is 1. The van der Waals surface area contributed by atoms with Crippen molar-refractivity contribution in [2.75, 3.05) is 0 Å². The van der Waals surface area contributed by atoms with E-state index in [1.807, 2.05) is 0 Å². The maximum absolute atomic E-state index is 13.4. The van der Waals surface area contributed by atoms with Crippen LogP contribution in [0.15, 0.2) is 30.3 Å². The molecule has 0 fully saturated rings. The average Bonchev–Trinajstić information content (AvgIpc) is 2.38. The number of hydrogen-bond donors (Lipinski definition) is 1. The third-order valence-electron chi connectivity index (χ3n) is 2.67. The quantitative estimate of drug-likeness (QED) is 0.681. The number of aromatic hydroxyl groups is 1. The number of hydrogen-bond acceptors (Lipinski definition) is 4. The fourth-order valence-electron chi connectivity index (χ4n) is 1.57. The smallest absolute Gasteiger partial charge is 0.313 e. The molecule has 7 heteroatoms. The SMILES string of the molecule is Cc1c(O)cccc1Oc1cc(F)c(Cl)cc1[N+](=O)[O-]. The molecule has 0 atom stereocenters. The van der Waals surface area contributed by atoms with Gasteiger partial charge in [-0.3, -0.25) is 10.1 Å². The van der Waals surface area contributed by atoms with Gasteiger partial charge in [-0.15, -0.1) is 0 Å². The Hall–Kier alpha value is -2.34. The molecule has 0 heterocycles. The van der Waals surface area contributed by atoms with E-state index < -0.39 is 16.4 Å². The van der Waals surface area contributed by atoms with Crippen LogP contribution in [-0.4, -0.2) is 10.0 Å². The van der Waals surface area contributed by atoms with Gasteiger partial charge < -0.3 is 9.84 Å². The number of rotatable bonds is 3. The van der Waals surface area contributed by atoms with E-state index in [0.29, 0.717) is 5.56 Å². The first-order valence-electron chi connectivity index (χ1n) is 5.50. The van der Waals surface area contributed by atoms with E-state index in [0.717, 1.165) is 12.1 Å². The highest BCUT2D eigenvalue weighted by molar-refractivity contribution is 6.31. The van der Waals surface area contributed by atoms with Gasteiger partial charge in [-0.2, -0.15) is 0 Å². The monoisotopic (exact) mass is 297 g/mol. The molecule has 0 radical (unpaired) electrons. The zero-order chi connectivity index (χ0) is 14.9. The van der Waals surface area contributed by atoms with Crippen molar-refractivity contribution in [3.63, 3.8) is 0 Å². The number of benzene rings is 2. The van der Waals surface area contributed by atoms with Gasteiger partial charge in [0.2, 0.25) is 5.75 Å². The Morgan fingerprint density at radius 3 is 2.70 bits per heavy atom. The Kier molecular flexibility index (Phi) is 3.76. The summed E-state index contributed by atoms with van der Waals surface area (Å²) in [5.41, 5.74) is -0.0729. The third-order valence-corrected chi connectivity index (χ3v) is 2.96. The van der Waals surface area contributed by atoms with Gasteiger partial charge >= 0.3 is 5.69 Å².